The monoisotopic (exact) mass is 264 g/mol. The van der Waals surface area contributed by atoms with Crippen molar-refractivity contribution in [3.8, 4) is 0 Å². The first kappa shape index (κ1) is 14.3. The standard InChI is InChI=1S/C15H24N2O2/c1-12-3-4-14(9-13(12)2)16-10-15(18)11-17-5-7-19-8-6-17/h3-4,9,15-16,18H,5-8,10-11H2,1-2H3. The number of β-amino-alcohol motifs (C(OH)–C–C–N with tert-alkyl or cyclic N) is 1. The summed E-state index contributed by atoms with van der Waals surface area (Å²) in [6, 6.07) is 6.28. The molecule has 2 N–H and O–H groups in total. The molecule has 1 aromatic carbocycles. The Bertz CT molecular complexity index is 403. The molecular weight excluding hydrogens is 240 g/mol. The second kappa shape index (κ2) is 6.89. The van der Waals surface area contributed by atoms with Crippen LogP contribution in [-0.4, -0.2) is 55.5 Å². The van der Waals surface area contributed by atoms with Crippen LogP contribution in [0.15, 0.2) is 18.2 Å². The quantitative estimate of drug-likeness (QED) is 0.844. The number of aliphatic hydroxyl groups excluding tert-OH is 1. The van der Waals surface area contributed by atoms with Gasteiger partial charge in [-0.2, -0.15) is 0 Å². The van der Waals surface area contributed by atoms with Gasteiger partial charge in [-0.05, 0) is 37.1 Å². The minimum absolute atomic E-state index is 0.347. The van der Waals surface area contributed by atoms with Gasteiger partial charge < -0.3 is 15.2 Å². The average molecular weight is 264 g/mol. The van der Waals surface area contributed by atoms with Gasteiger partial charge >= 0.3 is 0 Å². The molecule has 0 aromatic heterocycles. The molecule has 4 nitrogen and oxygen atoms in total. The number of aryl methyl sites for hydroxylation is 2. The molecule has 0 radical (unpaired) electrons. The van der Waals surface area contributed by atoms with Gasteiger partial charge in [0.1, 0.15) is 0 Å². The van der Waals surface area contributed by atoms with E-state index in [9.17, 15) is 5.11 Å². The molecule has 2 rings (SSSR count). The van der Waals surface area contributed by atoms with Gasteiger partial charge in [-0.15, -0.1) is 0 Å². The summed E-state index contributed by atoms with van der Waals surface area (Å²) >= 11 is 0. The number of benzene rings is 1. The zero-order valence-corrected chi connectivity index (χ0v) is 11.9. The first-order chi connectivity index (χ1) is 9.15. The van der Waals surface area contributed by atoms with Gasteiger partial charge in [-0.25, -0.2) is 0 Å². The SMILES string of the molecule is Cc1ccc(NCC(O)CN2CCOCC2)cc1C. The minimum atomic E-state index is -0.347. The van der Waals surface area contributed by atoms with Gasteiger partial charge in [0.2, 0.25) is 0 Å². The van der Waals surface area contributed by atoms with E-state index in [0.717, 1.165) is 32.0 Å². The van der Waals surface area contributed by atoms with Crippen molar-refractivity contribution in [2.24, 2.45) is 0 Å². The predicted octanol–water partition coefficient (Wildman–Crippen LogP) is 1.41. The molecule has 1 aliphatic rings. The van der Waals surface area contributed by atoms with E-state index in [0.29, 0.717) is 13.1 Å². The summed E-state index contributed by atoms with van der Waals surface area (Å²) in [6.07, 6.45) is -0.347. The van der Waals surface area contributed by atoms with Crippen molar-refractivity contribution >= 4 is 5.69 Å². The van der Waals surface area contributed by atoms with E-state index < -0.39 is 0 Å². The number of nitrogens with one attached hydrogen (secondary N) is 1. The Hall–Kier alpha value is -1.10. The third kappa shape index (κ3) is 4.49. The Morgan fingerprint density at radius 2 is 2.00 bits per heavy atom. The van der Waals surface area contributed by atoms with Gasteiger partial charge in [0.25, 0.3) is 0 Å². The van der Waals surface area contributed by atoms with E-state index in [2.05, 4.69) is 42.3 Å². The number of ether oxygens (including phenoxy) is 1. The first-order valence-electron chi connectivity index (χ1n) is 6.94. The Balaban J connectivity index is 1.75. The molecule has 0 amide bonds. The van der Waals surface area contributed by atoms with Gasteiger partial charge in [-0.1, -0.05) is 6.07 Å². The van der Waals surface area contributed by atoms with E-state index >= 15 is 0 Å². The highest BCUT2D eigenvalue weighted by Crippen LogP contribution is 2.14. The first-order valence-corrected chi connectivity index (χ1v) is 6.94. The lowest BCUT2D eigenvalue weighted by molar-refractivity contribution is 0.0171. The third-order valence-corrected chi connectivity index (χ3v) is 3.62. The van der Waals surface area contributed by atoms with Crippen LogP contribution < -0.4 is 5.32 Å². The largest absolute Gasteiger partial charge is 0.390 e. The number of aliphatic hydroxyl groups is 1. The van der Waals surface area contributed by atoms with Crippen molar-refractivity contribution < 1.29 is 9.84 Å². The van der Waals surface area contributed by atoms with Crippen LogP contribution in [-0.2, 0) is 4.74 Å². The summed E-state index contributed by atoms with van der Waals surface area (Å²) in [6.45, 7) is 8.88. The van der Waals surface area contributed by atoms with E-state index in [-0.39, 0.29) is 6.10 Å². The molecule has 19 heavy (non-hydrogen) atoms. The second-order valence-electron chi connectivity index (χ2n) is 5.25. The summed E-state index contributed by atoms with van der Waals surface area (Å²) in [5, 5.41) is 13.3. The zero-order valence-electron chi connectivity index (χ0n) is 11.9. The van der Waals surface area contributed by atoms with Crippen LogP contribution in [0.3, 0.4) is 0 Å². The Morgan fingerprint density at radius 3 is 2.68 bits per heavy atom. The molecule has 0 aliphatic carbocycles. The highest BCUT2D eigenvalue weighted by atomic mass is 16.5. The molecular formula is C15H24N2O2. The summed E-state index contributed by atoms with van der Waals surface area (Å²) in [7, 11) is 0. The van der Waals surface area contributed by atoms with Crippen molar-refractivity contribution in [2.75, 3.05) is 44.7 Å². The summed E-state index contributed by atoms with van der Waals surface area (Å²) in [5.74, 6) is 0. The molecule has 1 aromatic rings. The van der Waals surface area contributed by atoms with E-state index in [1.807, 2.05) is 0 Å². The summed E-state index contributed by atoms with van der Waals surface area (Å²) in [4.78, 5) is 2.25. The molecule has 1 atom stereocenters. The molecule has 106 valence electrons. The second-order valence-corrected chi connectivity index (χ2v) is 5.25. The Labute approximate surface area is 115 Å². The summed E-state index contributed by atoms with van der Waals surface area (Å²) in [5.41, 5.74) is 3.64. The maximum absolute atomic E-state index is 10.0. The van der Waals surface area contributed by atoms with Crippen LogP contribution in [0, 0.1) is 13.8 Å². The molecule has 1 fully saturated rings. The molecule has 1 aliphatic heterocycles. The lowest BCUT2D eigenvalue weighted by Gasteiger charge is -2.28. The molecule has 0 spiro atoms. The topological polar surface area (TPSA) is 44.7 Å². The lowest BCUT2D eigenvalue weighted by atomic mass is 10.1. The van der Waals surface area contributed by atoms with Gasteiger partial charge in [0.05, 0.1) is 19.3 Å². The number of nitrogens with zero attached hydrogens (tertiary/aromatic N) is 1. The van der Waals surface area contributed by atoms with Crippen molar-refractivity contribution in [1.29, 1.82) is 0 Å². The number of rotatable bonds is 5. The molecule has 0 bridgehead atoms. The molecule has 1 unspecified atom stereocenters. The minimum Gasteiger partial charge on any atom is -0.390 e. The fourth-order valence-electron chi connectivity index (χ4n) is 2.23. The van der Waals surface area contributed by atoms with E-state index in [1.54, 1.807) is 0 Å². The average Bonchev–Trinajstić information content (AvgIpc) is 2.41. The molecule has 0 saturated carbocycles. The zero-order chi connectivity index (χ0) is 13.7. The van der Waals surface area contributed by atoms with Crippen LogP contribution in [0.1, 0.15) is 11.1 Å². The maximum atomic E-state index is 10.0. The van der Waals surface area contributed by atoms with Gasteiger partial charge in [0.15, 0.2) is 0 Å². The van der Waals surface area contributed by atoms with Gasteiger partial charge in [0, 0.05) is 31.9 Å². The highest BCUT2D eigenvalue weighted by molar-refractivity contribution is 5.48. The fourth-order valence-corrected chi connectivity index (χ4v) is 2.23. The number of hydrogen-bond acceptors (Lipinski definition) is 4. The highest BCUT2D eigenvalue weighted by Gasteiger charge is 2.14. The number of anilines is 1. The van der Waals surface area contributed by atoms with Crippen LogP contribution >= 0.6 is 0 Å². The third-order valence-electron chi connectivity index (χ3n) is 3.62. The van der Waals surface area contributed by atoms with Crippen molar-refractivity contribution in [1.82, 2.24) is 4.90 Å². The van der Waals surface area contributed by atoms with E-state index in [4.69, 9.17) is 4.74 Å². The van der Waals surface area contributed by atoms with Crippen molar-refractivity contribution in [2.45, 2.75) is 20.0 Å². The molecule has 1 saturated heterocycles. The van der Waals surface area contributed by atoms with Crippen LogP contribution in [0.25, 0.3) is 0 Å². The number of morpholine rings is 1. The number of hydrogen-bond donors (Lipinski definition) is 2. The Kier molecular flexibility index (Phi) is 5.19. The Morgan fingerprint density at radius 1 is 1.26 bits per heavy atom. The molecule has 1 heterocycles. The molecule has 4 heteroatoms. The van der Waals surface area contributed by atoms with Gasteiger partial charge in [-0.3, -0.25) is 4.90 Å². The van der Waals surface area contributed by atoms with E-state index in [1.165, 1.54) is 11.1 Å². The normalized spacial score (nSPS) is 18.3. The van der Waals surface area contributed by atoms with Crippen molar-refractivity contribution in [3.63, 3.8) is 0 Å². The van der Waals surface area contributed by atoms with Crippen LogP contribution in [0.5, 0.6) is 0 Å². The predicted molar refractivity (Wildman–Crippen MR) is 77.7 cm³/mol. The maximum Gasteiger partial charge on any atom is 0.0839 e. The fraction of sp³-hybridized carbons (Fsp3) is 0.600. The smallest absolute Gasteiger partial charge is 0.0839 e. The van der Waals surface area contributed by atoms with Crippen LogP contribution in [0.4, 0.5) is 5.69 Å². The van der Waals surface area contributed by atoms with Crippen molar-refractivity contribution in [3.05, 3.63) is 29.3 Å². The lowest BCUT2D eigenvalue weighted by Crippen LogP contribution is -2.42. The summed E-state index contributed by atoms with van der Waals surface area (Å²) < 4.78 is 5.30. The van der Waals surface area contributed by atoms with Crippen LogP contribution in [0.2, 0.25) is 0 Å².